The van der Waals surface area contributed by atoms with Crippen molar-refractivity contribution in [3.63, 3.8) is 0 Å². The van der Waals surface area contributed by atoms with Gasteiger partial charge in [0.25, 0.3) is 0 Å². The van der Waals surface area contributed by atoms with E-state index in [4.69, 9.17) is 0 Å². The minimum absolute atomic E-state index is 0.0626. The van der Waals surface area contributed by atoms with Crippen LogP contribution >= 0.6 is 0 Å². The zero-order valence-corrected chi connectivity index (χ0v) is 14.8. The highest BCUT2D eigenvalue weighted by molar-refractivity contribution is 5.89. The lowest BCUT2D eigenvalue weighted by atomic mass is 10.1. The van der Waals surface area contributed by atoms with Gasteiger partial charge in [-0.1, -0.05) is 6.92 Å². The molecule has 1 atom stereocenters. The number of carbonyl (C=O) groups excluding carboxylic acids is 3. The summed E-state index contributed by atoms with van der Waals surface area (Å²) in [5.41, 5.74) is -0.239. The maximum absolute atomic E-state index is 12.7. The Hall–Kier alpha value is -1.59. The van der Waals surface area contributed by atoms with E-state index in [2.05, 4.69) is 0 Å². The third kappa shape index (κ3) is 4.03. The lowest BCUT2D eigenvalue weighted by molar-refractivity contribution is -0.142. The molecule has 3 amide bonds. The molecule has 0 aromatic heterocycles. The second kappa shape index (κ2) is 6.89. The Morgan fingerprint density at radius 3 is 2.13 bits per heavy atom. The van der Waals surface area contributed by atoms with Crippen LogP contribution in [-0.4, -0.2) is 70.7 Å². The van der Waals surface area contributed by atoms with Gasteiger partial charge in [0.05, 0.1) is 5.92 Å². The first-order valence-electron chi connectivity index (χ1n) is 8.61. The summed E-state index contributed by atoms with van der Waals surface area (Å²) in [6.45, 7) is 10.9. The van der Waals surface area contributed by atoms with E-state index in [0.717, 1.165) is 6.42 Å². The van der Waals surface area contributed by atoms with Gasteiger partial charge in [-0.2, -0.15) is 0 Å². The molecule has 2 fully saturated rings. The molecule has 0 aromatic rings. The van der Waals surface area contributed by atoms with Gasteiger partial charge in [0.15, 0.2) is 0 Å². The Kier molecular flexibility index (Phi) is 5.32. The van der Waals surface area contributed by atoms with Crippen LogP contribution in [0.4, 0.5) is 0 Å². The summed E-state index contributed by atoms with van der Waals surface area (Å²) >= 11 is 0. The first-order chi connectivity index (χ1) is 10.7. The smallest absolute Gasteiger partial charge is 0.228 e. The van der Waals surface area contributed by atoms with Crippen LogP contribution in [0.5, 0.6) is 0 Å². The molecule has 6 heteroatoms. The van der Waals surface area contributed by atoms with Crippen LogP contribution in [0.3, 0.4) is 0 Å². The van der Waals surface area contributed by atoms with Crippen molar-refractivity contribution in [3.8, 4) is 0 Å². The molecule has 0 bridgehead atoms. The Labute approximate surface area is 138 Å². The van der Waals surface area contributed by atoms with E-state index in [1.54, 1.807) is 4.90 Å². The maximum atomic E-state index is 12.7. The van der Waals surface area contributed by atoms with Gasteiger partial charge >= 0.3 is 0 Å². The van der Waals surface area contributed by atoms with Gasteiger partial charge in [0.2, 0.25) is 17.7 Å². The lowest BCUT2D eigenvalue weighted by Crippen LogP contribution is -2.52. The van der Waals surface area contributed by atoms with Crippen LogP contribution in [-0.2, 0) is 14.4 Å². The van der Waals surface area contributed by atoms with E-state index in [1.807, 2.05) is 37.5 Å². The summed E-state index contributed by atoms with van der Waals surface area (Å²) in [5.74, 6) is 0.0643. The molecule has 2 heterocycles. The molecule has 130 valence electrons. The van der Waals surface area contributed by atoms with Crippen molar-refractivity contribution in [2.24, 2.45) is 5.92 Å². The Bertz CT molecular complexity index is 476. The number of likely N-dealkylation sites (tertiary alicyclic amines) is 1. The van der Waals surface area contributed by atoms with Crippen molar-refractivity contribution in [3.05, 3.63) is 0 Å². The predicted octanol–water partition coefficient (Wildman–Crippen LogP) is 1.10. The fourth-order valence-corrected chi connectivity index (χ4v) is 3.33. The number of carbonyl (C=O) groups is 3. The average molecular weight is 323 g/mol. The summed E-state index contributed by atoms with van der Waals surface area (Å²) in [7, 11) is 0. The second-order valence-corrected chi connectivity index (χ2v) is 7.53. The first kappa shape index (κ1) is 17.8. The molecule has 0 saturated carbocycles. The highest BCUT2D eigenvalue weighted by Crippen LogP contribution is 2.27. The fourth-order valence-electron chi connectivity index (χ4n) is 3.33. The number of rotatable bonds is 3. The molecular weight excluding hydrogens is 294 g/mol. The van der Waals surface area contributed by atoms with Gasteiger partial charge in [-0.3, -0.25) is 14.4 Å². The van der Waals surface area contributed by atoms with Crippen LogP contribution in [0.1, 0.15) is 47.0 Å². The highest BCUT2D eigenvalue weighted by Gasteiger charge is 2.41. The monoisotopic (exact) mass is 323 g/mol. The summed E-state index contributed by atoms with van der Waals surface area (Å²) < 4.78 is 0. The number of amides is 3. The summed E-state index contributed by atoms with van der Waals surface area (Å²) in [6, 6.07) is 0. The molecule has 0 aliphatic carbocycles. The number of piperazine rings is 1. The minimum atomic E-state index is -0.239. The average Bonchev–Trinajstić information content (AvgIpc) is 2.89. The molecule has 2 rings (SSSR count). The molecule has 2 aliphatic heterocycles. The normalized spacial score (nSPS) is 22.7. The summed E-state index contributed by atoms with van der Waals surface area (Å²) in [4.78, 5) is 42.2. The molecule has 0 radical (unpaired) electrons. The van der Waals surface area contributed by atoms with Crippen LogP contribution in [0.2, 0.25) is 0 Å². The molecule has 6 nitrogen and oxygen atoms in total. The molecule has 2 aliphatic rings. The predicted molar refractivity (Wildman–Crippen MR) is 87.6 cm³/mol. The van der Waals surface area contributed by atoms with Crippen molar-refractivity contribution in [1.82, 2.24) is 14.7 Å². The van der Waals surface area contributed by atoms with Gasteiger partial charge in [-0.15, -0.1) is 0 Å². The highest BCUT2D eigenvalue weighted by atomic mass is 16.2. The molecule has 23 heavy (non-hydrogen) atoms. The summed E-state index contributed by atoms with van der Waals surface area (Å²) in [5, 5.41) is 0. The van der Waals surface area contributed by atoms with E-state index in [9.17, 15) is 14.4 Å². The number of hydrogen-bond acceptors (Lipinski definition) is 3. The molecule has 0 aromatic carbocycles. The Morgan fingerprint density at radius 1 is 1.09 bits per heavy atom. The van der Waals surface area contributed by atoms with Crippen molar-refractivity contribution in [2.75, 3.05) is 32.7 Å². The van der Waals surface area contributed by atoms with E-state index in [-0.39, 0.29) is 29.2 Å². The van der Waals surface area contributed by atoms with E-state index in [0.29, 0.717) is 45.6 Å². The van der Waals surface area contributed by atoms with Crippen molar-refractivity contribution in [1.29, 1.82) is 0 Å². The molecule has 0 N–H and O–H groups in total. The molecular formula is C17H29N3O3. The van der Waals surface area contributed by atoms with E-state index < -0.39 is 0 Å². The van der Waals surface area contributed by atoms with Crippen LogP contribution in [0.25, 0.3) is 0 Å². The zero-order chi connectivity index (χ0) is 17.2. The van der Waals surface area contributed by atoms with Crippen LogP contribution < -0.4 is 0 Å². The molecule has 0 spiro atoms. The number of nitrogens with zero attached hydrogens (tertiary/aromatic N) is 3. The minimum Gasteiger partial charge on any atom is -0.339 e. The van der Waals surface area contributed by atoms with Gasteiger partial charge in [0.1, 0.15) is 0 Å². The zero-order valence-electron chi connectivity index (χ0n) is 14.8. The van der Waals surface area contributed by atoms with Gasteiger partial charge < -0.3 is 14.7 Å². The van der Waals surface area contributed by atoms with E-state index in [1.165, 1.54) is 0 Å². The Balaban J connectivity index is 1.89. The van der Waals surface area contributed by atoms with Gasteiger partial charge in [-0.25, -0.2) is 0 Å². The van der Waals surface area contributed by atoms with Gasteiger partial charge in [-0.05, 0) is 27.2 Å². The van der Waals surface area contributed by atoms with Gasteiger partial charge in [0, 0.05) is 51.1 Å². The molecule has 2 saturated heterocycles. The standard InChI is InChI=1S/C17H29N3O3/c1-5-6-14(21)18-7-9-19(10-8-18)16(23)13-11-15(22)20(12-13)17(2,3)4/h13H,5-12H2,1-4H3. The third-order valence-electron chi connectivity index (χ3n) is 4.69. The van der Waals surface area contributed by atoms with Crippen molar-refractivity contribution < 1.29 is 14.4 Å². The van der Waals surface area contributed by atoms with Crippen LogP contribution in [0.15, 0.2) is 0 Å². The van der Waals surface area contributed by atoms with Crippen molar-refractivity contribution in [2.45, 2.75) is 52.5 Å². The Morgan fingerprint density at radius 2 is 1.65 bits per heavy atom. The molecule has 1 unspecified atom stereocenters. The van der Waals surface area contributed by atoms with Crippen molar-refractivity contribution >= 4 is 17.7 Å². The SMILES string of the molecule is CCCC(=O)N1CCN(C(=O)C2CC(=O)N(C(C)(C)C)C2)CC1. The quantitative estimate of drug-likeness (QED) is 0.781. The van der Waals surface area contributed by atoms with Crippen LogP contribution in [0, 0.1) is 5.92 Å². The van der Waals surface area contributed by atoms with E-state index >= 15 is 0 Å². The largest absolute Gasteiger partial charge is 0.339 e. The third-order valence-corrected chi connectivity index (χ3v) is 4.69. The summed E-state index contributed by atoms with van der Waals surface area (Å²) in [6.07, 6.45) is 1.74. The maximum Gasteiger partial charge on any atom is 0.228 e. The number of hydrogen-bond donors (Lipinski definition) is 0. The fraction of sp³-hybridized carbons (Fsp3) is 0.824. The topological polar surface area (TPSA) is 60.9 Å². The second-order valence-electron chi connectivity index (χ2n) is 7.53. The lowest BCUT2D eigenvalue weighted by Gasteiger charge is -2.36. The first-order valence-corrected chi connectivity index (χ1v) is 8.61.